The molecular formula is C13H11ClN2O3S. The maximum Gasteiger partial charge on any atom is 0.350 e. The Morgan fingerprint density at radius 3 is 2.75 bits per heavy atom. The lowest BCUT2D eigenvalue weighted by Crippen LogP contribution is -2.14. The number of nitrogens with two attached hydrogens (primary N) is 1. The van der Waals surface area contributed by atoms with Crippen LogP contribution in [-0.2, 0) is 4.74 Å². The second-order valence-electron chi connectivity index (χ2n) is 3.85. The van der Waals surface area contributed by atoms with E-state index in [1.807, 2.05) is 0 Å². The lowest BCUT2D eigenvalue weighted by Gasteiger charge is -2.06. The fourth-order valence-corrected chi connectivity index (χ4v) is 2.47. The molecule has 2 rings (SSSR count). The Labute approximate surface area is 124 Å². The zero-order valence-corrected chi connectivity index (χ0v) is 12.0. The molecular weight excluding hydrogens is 300 g/mol. The van der Waals surface area contributed by atoms with Gasteiger partial charge in [0, 0.05) is 5.56 Å². The van der Waals surface area contributed by atoms with Crippen molar-refractivity contribution in [2.24, 2.45) is 0 Å². The van der Waals surface area contributed by atoms with Crippen LogP contribution in [0, 0.1) is 0 Å². The number of hydrogen-bond donors (Lipinski definition) is 2. The molecule has 2 aromatic rings. The van der Waals surface area contributed by atoms with Gasteiger partial charge >= 0.3 is 5.97 Å². The Bertz CT molecular complexity index is 669. The normalized spacial score (nSPS) is 10.1. The van der Waals surface area contributed by atoms with Crippen LogP contribution in [-0.4, -0.2) is 19.0 Å². The van der Waals surface area contributed by atoms with Gasteiger partial charge in [-0.2, -0.15) is 0 Å². The fraction of sp³-hybridized carbons (Fsp3) is 0.0769. The lowest BCUT2D eigenvalue weighted by atomic mass is 10.2. The summed E-state index contributed by atoms with van der Waals surface area (Å²) in [6, 6.07) is 6.21. The van der Waals surface area contributed by atoms with Crippen LogP contribution in [0.25, 0.3) is 0 Å². The van der Waals surface area contributed by atoms with E-state index in [1.54, 1.807) is 23.6 Å². The highest BCUT2D eigenvalue weighted by molar-refractivity contribution is 7.12. The number of methoxy groups -OCH3 is 1. The average molecular weight is 311 g/mol. The predicted molar refractivity (Wildman–Crippen MR) is 79.5 cm³/mol. The van der Waals surface area contributed by atoms with Crippen molar-refractivity contribution in [3.63, 3.8) is 0 Å². The van der Waals surface area contributed by atoms with Gasteiger partial charge in [0.15, 0.2) is 0 Å². The summed E-state index contributed by atoms with van der Waals surface area (Å²) in [5.74, 6) is -0.874. The number of esters is 1. The van der Waals surface area contributed by atoms with Crippen molar-refractivity contribution in [1.29, 1.82) is 0 Å². The summed E-state index contributed by atoms with van der Waals surface area (Å²) in [5.41, 5.74) is 6.74. The molecule has 0 aliphatic rings. The van der Waals surface area contributed by atoms with Crippen molar-refractivity contribution in [3.05, 3.63) is 45.1 Å². The maximum atomic E-state index is 12.1. The van der Waals surface area contributed by atoms with Gasteiger partial charge in [-0.1, -0.05) is 11.6 Å². The number of carbonyl (C=O) groups excluding carboxylic acids is 2. The van der Waals surface area contributed by atoms with Crippen molar-refractivity contribution in [1.82, 2.24) is 0 Å². The number of carbonyl (C=O) groups is 2. The van der Waals surface area contributed by atoms with Gasteiger partial charge in [0.2, 0.25) is 0 Å². The molecule has 1 heterocycles. The molecule has 1 amide bonds. The molecule has 0 saturated carbocycles. The summed E-state index contributed by atoms with van der Waals surface area (Å²) in [4.78, 5) is 23.9. The molecule has 5 nitrogen and oxygen atoms in total. The minimum atomic E-state index is -0.495. The number of thiophene rings is 1. The van der Waals surface area contributed by atoms with Crippen molar-refractivity contribution < 1.29 is 14.3 Å². The Hall–Kier alpha value is -2.05. The third kappa shape index (κ3) is 2.92. The van der Waals surface area contributed by atoms with Gasteiger partial charge in [0.1, 0.15) is 4.88 Å². The third-order valence-electron chi connectivity index (χ3n) is 2.55. The first kappa shape index (κ1) is 14.4. The first-order valence-corrected chi connectivity index (χ1v) is 6.81. The molecule has 0 atom stereocenters. The molecule has 0 unspecified atom stereocenters. The van der Waals surface area contributed by atoms with Crippen molar-refractivity contribution >= 4 is 46.2 Å². The summed E-state index contributed by atoms with van der Waals surface area (Å²) < 4.78 is 4.64. The summed E-state index contributed by atoms with van der Waals surface area (Å²) in [5, 5.41) is 4.63. The second-order valence-corrected chi connectivity index (χ2v) is 5.17. The molecule has 0 bridgehead atoms. The van der Waals surface area contributed by atoms with Gasteiger partial charge < -0.3 is 15.8 Å². The van der Waals surface area contributed by atoms with E-state index in [1.165, 1.54) is 24.5 Å². The van der Waals surface area contributed by atoms with E-state index in [0.29, 0.717) is 26.8 Å². The van der Waals surface area contributed by atoms with Crippen LogP contribution < -0.4 is 11.1 Å². The van der Waals surface area contributed by atoms with Gasteiger partial charge in [-0.3, -0.25) is 4.79 Å². The van der Waals surface area contributed by atoms with Gasteiger partial charge in [0.05, 0.1) is 23.5 Å². The van der Waals surface area contributed by atoms with E-state index < -0.39 is 5.97 Å². The van der Waals surface area contributed by atoms with Crippen LogP contribution in [0.1, 0.15) is 20.0 Å². The number of amides is 1. The molecule has 0 radical (unpaired) electrons. The van der Waals surface area contributed by atoms with E-state index in [0.717, 1.165) is 0 Å². The first-order valence-electron chi connectivity index (χ1n) is 5.55. The Kier molecular flexibility index (Phi) is 4.26. The molecule has 0 saturated heterocycles. The quantitative estimate of drug-likeness (QED) is 0.674. The monoisotopic (exact) mass is 310 g/mol. The zero-order chi connectivity index (χ0) is 14.7. The van der Waals surface area contributed by atoms with Crippen LogP contribution in [0.15, 0.2) is 29.6 Å². The summed E-state index contributed by atoms with van der Waals surface area (Å²) >= 11 is 7.06. The Morgan fingerprint density at radius 1 is 1.35 bits per heavy atom. The summed E-state index contributed by atoms with van der Waals surface area (Å²) in [6.07, 6.45) is 0. The van der Waals surface area contributed by atoms with Gasteiger partial charge in [0.25, 0.3) is 5.91 Å². The van der Waals surface area contributed by atoms with Gasteiger partial charge in [-0.25, -0.2) is 4.79 Å². The van der Waals surface area contributed by atoms with Gasteiger partial charge in [-0.05, 0) is 29.6 Å². The fourth-order valence-electron chi connectivity index (χ4n) is 1.52. The average Bonchev–Trinajstić information content (AvgIpc) is 2.89. The highest BCUT2D eigenvalue weighted by Gasteiger charge is 2.16. The number of anilines is 2. The number of hydrogen-bond acceptors (Lipinski definition) is 5. The third-order valence-corrected chi connectivity index (χ3v) is 3.77. The van der Waals surface area contributed by atoms with E-state index >= 15 is 0 Å². The highest BCUT2D eigenvalue weighted by atomic mass is 35.5. The number of ether oxygens (including phenoxy) is 1. The van der Waals surface area contributed by atoms with E-state index in [2.05, 4.69) is 10.1 Å². The lowest BCUT2D eigenvalue weighted by molar-refractivity contribution is 0.0607. The largest absolute Gasteiger partial charge is 0.465 e. The molecule has 3 N–H and O–H groups in total. The number of rotatable bonds is 3. The van der Waals surface area contributed by atoms with Crippen LogP contribution in [0.5, 0.6) is 0 Å². The van der Waals surface area contributed by atoms with Crippen molar-refractivity contribution in [2.75, 3.05) is 18.2 Å². The smallest absolute Gasteiger partial charge is 0.350 e. The molecule has 20 heavy (non-hydrogen) atoms. The molecule has 0 fully saturated rings. The maximum absolute atomic E-state index is 12.1. The molecule has 7 heteroatoms. The number of benzene rings is 1. The minimum absolute atomic E-state index is 0.302. The van der Waals surface area contributed by atoms with E-state index in [-0.39, 0.29) is 5.91 Å². The zero-order valence-electron chi connectivity index (χ0n) is 10.5. The summed E-state index contributed by atoms with van der Waals surface area (Å²) in [6.45, 7) is 0. The van der Waals surface area contributed by atoms with Crippen molar-refractivity contribution in [2.45, 2.75) is 0 Å². The highest BCUT2D eigenvalue weighted by Crippen LogP contribution is 2.25. The van der Waals surface area contributed by atoms with Crippen LogP contribution in [0.2, 0.25) is 5.02 Å². The van der Waals surface area contributed by atoms with Crippen LogP contribution in [0.3, 0.4) is 0 Å². The standard InChI is InChI=1S/C13H11ClN2O3S/c1-19-13(18)11-10(4-5-20-11)16-12(17)7-2-3-9(15)8(14)6-7/h2-6H,15H2,1H3,(H,16,17). The molecule has 1 aromatic carbocycles. The Morgan fingerprint density at radius 2 is 2.10 bits per heavy atom. The molecule has 0 spiro atoms. The number of nitrogen functional groups attached to an aromatic ring is 1. The second kappa shape index (κ2) is 5.94. The minimum Gasteiger partial charge on any atom is -0.465 e. The number of halogens is 1. The molecule has 104 valence electrons. The predicted octanol–water partition coefficient (Wildman–Crippen LogP) is 3.02. The van der Waals surface area contributed by atoms with E-state index in [4.69, 9.17) is 17.3 Å². The van der Waals surface area contributed by atoms with Gasteiger partial charge in [-0.15, -0.1) is 11.3 Å². The van der Waals surface area contributed by atoms with Crippen LogP contribution >= 0.6 is 22.9 Å². The van der Waals surface area contributed by atoms with Crippen molar-refractivity contribution in [3.8, 4) is 0 Å². The van der Waals surface area contributed by atoms with E-state index in [9.17, 15) is 9.59 Å². The number of nitrogens with one attached hydrogen (secondary N) is 1. The Balaban J connectivity index is 2.22. The SMILES string of the molecule is COC(=O)c1sccc1NC(=O)c1ccc(N)c(Cl)c1. The topological polar surface area (TPSA) is 81.4 Å². The molecule has 0 aliphatic carbocycles. The summed E-state index contributed by atoms with van der Waals surface area (Å²) in [7, 11) is 1.29. The molecule has 1 aromatic heterocycles. The first-order chi connectivity index (χ1) is 9.52. The van der Waals surface area contributed by atoms with Crippen LogP contribution in [0.4, 0.5) is 11.4 Å². The molecule has 0 aliphatic heterocycles.